The van der Waals surface area contributed by atoms with Gasteiger partial charge >= 0.3 is 0 Å². The van der Waals surface area contributed by atoms with Gasteiger partial charge in [-0.15, -0.1) is 0 Å². The van der Waals surface area contributed by atoms with E-state index < -0.39 is 0 Å². The van der Waals surface area contributed by atoms with Crippen molar-refractivity contribution >= 4 is 28.3 Å². The average Bonchev–Trinajstić information content (AvgIpc) is 3.21. The number of ketones is 1. The highest BCUT2D eigenvalue weighted by atomic mass is 16.5. The number of para-hydroxylation sites is 3. The van der Waals surface area contributed by atoms with E-state index in [1.54, 1.807) is 42.6 Å². The molecule has 0 spiro atoms. The largest absolute Gasteiger partial charge is 0.485 e. The molecule has 0 saturated carbocycles. The standard InChI is InChI=1S/C26H21N3O3/c27-15-8-16-29-17-22(20-11-4-6-13-23(20)29)24(30)18-32-25-14-7-5-12-21(25)26(31)28-19-9-2-1-3-10-19/h1-7,9-14,17H,8,16,18H2,(H,28,31). The molecule has 1 amide bonds. The van der Waals surface area contributed by atoms with Crippen LogP contribution in [0.15, 0.2) is 85.1 Å². The fourth-order valence-electron chi connectivity index (χ4n) is 3.55. The van der Waals surface area contributed by atoms with Gasteiger partial charge in [0.2, 0.25) is 5.78 Å². The number of aryl methyl sites for hydroxylation is 1. The number of benzene rings is 3. The Morgan fingerprint density at radius 2 is 1.62 bits per heavy atom. The van der Waals surface area contributed by atoms with Gasteiger partial charge in [0.25, 0.3) is 5.91 Å². The number of aromatic nitrogens is 1. The second-order valence-electron chi connectivity index (χ2n) is 7.19. The third-order valence-electron chi connectivity index (χ3n) is 5.08. The molecule has 6 heteroatoms. The number of anilines is 1. The molecular weight excluding hydrogens is 402 g/mol. The number of carbonyl (C=O) groups excluding carboxylic acids is 2. The maximum atomic E-state index is 13.0. The van der Waals surface area contributed by atoms with Gasteiger partial charge in [-0.05, 0) is 30.3 Å². The Kier molecular flexibility index (Phi) is 6.28. The second kappa shape index (κ2) is 9.63. The van der Waals surface area contributed by atoms with Crippen LogP contribution >= 0.6 is 0 Å². The summed E-state index contributed by atoms with van der Waals surface area (Å²) in [6.07, 6.45) is 2.12. The highest BCUT2D eigenvalue weighted by Gasteiger charge is 2.18. The normalized spacial score (nSPS) is 10.5. The van der Waals surface area contributed by atoms with Crippen molar-refractivity contribution in [2.24, 2.45) is 0 Å². The van der Waals surface area contributed by atoms with Crippen molar-refractivity contribution in [3.63, 3.8) is 0 Å². The molecule has 4 rings (SSSR count). The fourth-order valence-corrected chi connectivity index (χ4v) is 3.55. The quantitative estimate of drug-likeness (QED) is 0.401. The van der Waals surface area contributed by atoms with Gasteiger partial charge in [-0.25, -0.2) is 0 Å². The first kappa shape index (κ1) is 20.9. The van der Waals surface area contributed by atoms with Crippen LogP contribution in [0, 0.1) is 11.3 Å². The topological polar surface area (TPSA) is 84.1 Å². The van der Waals surface area contributed by atoms with Crippen LogP contribution < -0.4 is 10.1 Å². The minimum Gasteiger partial charge on any atom is -0.485 e. The predicted molar refractivity (Wildman–Crippen MR) is 123 cm³/mol. The van der Waals surface area contributed by atoms with Crippen LogP contribution in [0.3, 0.4) is 0 Å². The lowest BCUT2D eigenvalue weighted by Crippen LogP contribution is -2.16. The van der Waals surface area contributed by atoms with E-state index >= 15 is 0 Å². The molecular formula is C26H21N3O3. The molecule has 158 valence electrons. The minimum atomic E-state index is -0.313. The maximum absolute atomic E-state index is 13.0. The predicted octanol–water partition coefficient (Wildman–Crippen LogP) is 5.07. The third-order valence-corrected chi connectivity index (χ3v) is 5.08. The summed E-state index contributed by atoms with van der Waals surface area (Å²) < 4.78 is 7.69. The Morgan fingerprint density at radius 3 is 2.44 bits per heavy atom. The third kappa shape index (κ3) is 4.52. The van der Waals surface area contributed by atoms with Crippen molar-refractivity contribution in [2.45, 2.75) is 13.0 Å². The number of fused-ring (bicyclic) bond motifs is 1. The van der Waals surface area contributed by atoms with Crippen molar-refractivity contribution in [1.82, 2.24) is 4.57 Å². The van der Waals surface area contributed by atoms with Crippen LogP contribution in [0.5, 0.6) is 5.75 Å². The first-order valence-electron chi connectivity index (χ1n) is 10.2. The summed E-state index contributed by atoms with van der Waals surface area (Å²) >= 11 is 0. The van der Waals surface area contributed by atoms with E-state index in [0.717, 1.165) is 10.9 Å². The molecule has 4 aromatic rings. The van der Waals surface area contributed by atoms with Gasteiger partial charge in [0.15, 0.2) is 6.61 Å². The van der Waals surface area contributed by atoms with Gasteiger partial charge in [0, 0.05) is 34.9 Å². The molecule has 3 aromatic carbocycles. The van der Waals surface area contributed by atoms with Crippen LogP contribution in [-0.4, -0.2) is 22.9 Å². The highest BCUT2D eigenvalue weighted by molar-refractivity contribution is 6.09. The molecule has 6 nitrogen and oxygen atoms in total. The van der Waals surface area contributed by atoms with E-state index in [1.165, 1.54) is 0 Å². The number of nitrogens with zero attached hydrogens (tertiary/aromatic N) is 2. The van der Waals surface area contributed by atoms with Crippen molar-refractivity contribution in [2.75, 3.05) is 11.9 Å². The molecule has 0 radical (unpaired) electrons. The fraction of sp³-hybridized carbons (Fsp3) is 0.115. The van der Waals surface area contributed by atoms with E-state index in [4.69, 9.17) is 10.00 Å². The number of amides is 1. The second-order valence-corrected chi connectivity index (χ2v) is 7.19. The lowest BCUT2D eigenvalue weighted by Gasteiger charge is -2.11. The van der Waals surface area contributed by atoms with E-state index in [9.17, 15) is 9.59 Å². The van der Waals surface area contributed by atoms with Gasteiger partial charge in [-0.1, -0.05) is 48.5 Å². The first-order chi connectivity index (χ1) is 15.7. The molecule has 1 heterocycles. The van der Waals surface area contributed by atoms with Crippen molar-refractivity contribution in [3.05, 3.63) is 96.2 Å². The molecule has 0 atom stereocenters. The van der Waals surface area contributed by atoms with Crippen LogP contribution in [0.25, 0.3) is 10.9 Å². The highest BCUT2D eigenvalue weighted by Crippen LogP contribution is 2.24. The van der Waals surface area contributed by atoms with Crippen LogP contribution in [-0.2, 0) is 6.54 Å². The van der Waals surface area contributed by atoms with Crippen LogP contribution in [0.4, 0.5) is 5.69 Å². The number of carbonyl (C=O) groups is 2. The van der Waals surface area contributed by atoms with E-state index in [2.05, 4.69) is 11.4 Å². The van der Waals surface area contributed by atoms with Crippen molar-refractivity contribution in [3.8, 4) is 11.8 Å². The molecule has 0 fully saturated rings. The SMILES string of the molecule is N#CCCn1cc(C(=O)COc2ccccc2C(=O)Nc2ccccc2)c2ccccc21. The zero-order chi connectivity index (χ0) is 22.3. The zero-order valence-corrected chi connectivity index (χ0v) is 17.3. The Morgan fingerprint density at radius 1 is 0.906 bits per heavy atom. The maximum Gasteiger partial charge on any atom is 0.259 e. The summed E-state index contributed by atoms with van der Waals surface area (Å²) in [5.41, 5.74) is 2.45. The number of nitrogens with one attached hydrogen (secondary N) is 1. The summed E-state index contributed by atoms with van der Waals surface area (Å²) in [5, 5.41) is 12.6. The number of hydrogen-bond donors (Lipinski definition) is 1. The number of Topliss-reactive ketones (excluding diaryl/α,β-unsaturated/α-hetero) is 1. The summed E-state index contributed by atoms with van der Waals surface area (Å²) in [6, 6.07) is 25.7. The number of nitriles is 1. The van der Waals surface area contributed by atoms with Crippen molar-refractivity contribution < 1.29 is 14.3 Å². The Hall–Kier alpha value is -4.37. The Bertz CT molecular complexity index is 1300. The lowest BCUT2D eigenvalue weighted by molar-refractivity contribution is 0.0915. The molecule has 0 aliphatic carbocycles. The van der Waals surface area contributed by atoms with Gasteiger partial charge < -0.3 is 14.6 Å². The molecule has 32 heavy (non-hydrogen) atoms. The number of ether oxygens (including phenoxy) is 1. The van der Waals surface area contributed by atoms with E-state index in [0.29, 0.717) is 35.5 Å². The van der Waals surface area contributed by atoms with Gasteiger partial charge in [-0.3, -0.25) is 9.59 Å². The summed E-state index contributed by atoms with van der Waals surface area (Å²) in [5.74, 6) is -0.176. The van der Waals surface area contributed by atoms with E-state index in [1.807, 2.05) is 47.0 Å². The van der Waals surface area contributed by atoms with Crippen LogP contribution in [0.2, 0.25) is 0 Å². The Labute approximate surface area is 185 Å². The molecule has 1 aromatic heterocycles. The van der Waals surface area contributed by atoms with Gasteiger partial charge in [0.05, 0.1) is 18.1 Å². The number of hydrogen-bond acceptors (Lipinski definition) is 4. The van der Waals surface area contributed by atoms with Crippen molar-refractivity contribution in [1.29, 1.82) is 5.26 Å². The number of rotatable bonds is 8. The summed E-state index contributed by atoms with van der Waals surface area (Å²) in [7, 11) is 0. The van der Waals surface area contributed by atoms with Gasteiger partial charge in [-0.2, -0.15) is 5.26 Å². The lowest BCUT2D eigenvalue weighted by atomic mass is 10.1. The molecule has 0 unspecified atom stereocenters. The summed E-state index contributed by atoms with van der Waals surface area (Å²) in [4.78, 5) is 25.7. The molecule has 0 aliphatic heterocycles. The van der Waals surface area contributed by atoms with Crippen LogP contribution in [0.1, 0.15) is 27.1 Å². The Balaban J connectivity index is 1.52. The molecule has 0 bridgehead atoms. The summed E-state index contributed by atoms with van der Waals surface area (Å²) in [6.45, 7) is 0.301. The van der Waals surface area contributed by atoms with E-state index in [-0.39, 0.29) is 18.3 Å². The zero-order valence-electron chi connectivity index (χ0n) is 17.3. The first-order valence-corrected chi connectivity index (χ1v) is 10.2. The smallest absolute Gasteiger partial charge is 0.259 e. The average molecular weight is 423 g/mol. The molecule has 0 aliphatic rings. The molecule has 0 saturated heterocycles. The minimum absolute atomic E-state index is 0.199. The molecule has 1 N–H and O–H groups in total. The monoisotopic (exact) mass is 423 g/mol. The van der Waals surface area contributed by atoms with Gasteiger partial charge in [0.1, 0.15) is 5.75 Å².